The summed E-state index contributed by atoms with van der Waals surface area (Å²) in [5.74, 6) is 0. The van der Waals surface area contributed by atoms with Gasteiger partial charge < -0.3 is 0 Å². The van der Waals surface area contributed by atoms with E-state index in [2.05, 4.69) is 38.1 Å². The second kappa shape index (κ2) is 10.0. The largest absolute Gasteiger partial charge is 0.298 e. The number of benzene rings is 2. The van der Waals surface area contributed by atoms with Crippen molar-refractivity contribution in [2.75, 3.05) is 0 Å². The normalized spacial score (nSPS) is 13.7. The highest BCUT2D eigenvalue weighted by Gasteiger charge is 2.42. The van der Waals surface area contributed by atoms with Crippen LogP contribution in [0.25, 0.3) is 11.1 Å². The third kappa shape index (κ3) is 4.37. The van der Waals surface area contributed by atoms with Gasteiger partial charge in [0.2, 0.25) is 0 Å². The van der Waals surface area contributed by atoms with E-state index in [4.69, 9.17) is 0 Å². The van der Waals surface area contributed by atoms with Gasteiger partial charge in [0.25, 0.3) is 0 Å². The molecule has 2 heteroatoms. The van der Waals surface area contributed by atoms with Crippen LogP contribution in [0.1, 0.15) is 110 Å². The summed E-state index contributed by atoms with van der Waals surface area (Å²) in [6.45, 7) is 4.49. The average molecular weight is 391 g/mol. The van der Waals surface area contributed by atoms with Crippen LogP contribution in [0, 0.1) is 0 Å². The third-order valence-corrected chi connectivity index (χ3v) is 6.59. The van der Waals surface area contributed by atoms with Gasteiger partial charge in [-0.05, 0) is 47.2 Å². The molecule has 1 aliphatic carbocycles. The van der Waals surface area contributed by atoms with E-state index in [-0.39, 0.29) is 5.41 Å². The van der Waals surface area contributed by atoms with Crippen LogP contribution in [-0.4, -0.2) is 12.6 Å². The first-order valence-electron chi connectivity index (χ1n) is 11.4. The van der Waals surface area contributed by atoms with E-state index in [1.807, 2.05) is 12.1 Å². The minimum atomic E-state index is -0.0792. The van der Waals surface area contributed by atoms with Crippen molar-refractivity contribution in [3.63, 3.8) is 0 Å². The molecule has 0 unspecified atom stereocenters. The summed E-state index contributed by atoms with van der Waals surface area (Å²) in [5, 5.41) is 0. The van der Waals surface area contributed by atoms with Gasteiger partial charge in [-0.25, -0.2) is 0 Å². The lowest BCUT2D eigenvalue weighted by Crippen LogP contribution is -2.26. The summed E-state index contributed by atoms with van der Waals surface area (Å²) < 4.78 is 0. The zero-order valence-electron chi connectivity index (χ0n) is 18.0. The van der Waals surface area contributed by atoms with Crippen molar-refractivity contribution in [3.05, 3.63) is 58.7 Å². The van der Waals surface area contributed by atoms with Gasteiger partial charge in [0.15, 0.2) is 0 Å². The van der Waals surface area contributed by atoms with Gasteiger partial charge in [-0.1, -0.05) is 89.5 Å². The molecule has 0 heterocycles. The fourth-order valence-corrected chi connectivity index (χ4v) is 5.05. The monoisotopic (exact) mass is 390 g/mol. The Hall–Kier alpha value is -2.22. The van der Waals surface area contributed by atoms with Gasteiger partial charge in [0.1, 0.15) is 12.6 Å². The van der Waals surface area contributed by atoms with Crippen molar-refractivity contribution in [2.24, 2.45) is 0 Å². The predicted molar refractivity (Wildman–Crippen MR) is 121 cm³/mol. The van der Waals surface area contributed by atoms with Gasteiger partial charge in [0.05, 0.1) is 0 Å². The topological polar surface area (TPSA) is 34.1 Å². The summed E-state index contributed by atoms with van der Waals surface area (Å²) in [4.78, 5) is 23.1. The number of carbonyl (C=O) groups is 2. The van der Waals surface area contributed by atoms with E-state index in [0.717, 1.165) is 36.5 Å². The molecule has 2 aromatic rings. The van der Waals surface area contributed by atoms with E-state index in [0.29, 0.717) is 0 Å². The van der Waals surface area contributed by atoms with Crippen molar-refractivity contribution >= 4 is 12.6 Å². The number of hydrogen-bond acceptors (Lipinski definition) is 2. The van der Waals surface area contributed by atoms with Crippen molar-refractivity contribution in [3.8, 4) is 11.1 Å². The van der Waals surface area contributed by atoms with Crippen LogP contribution in [0.2, 0.25) is 0 Å². The number of unbranched alkanes of at least 4 members (excludes halogenated alkanes) is 6. The Balaban J connectivity index is 2.09. The molecule has 0 atom stereocenters. The molecule has 29 heavy (non-hydrogen) atoms. The fraction of sp³-hybridized carbons (Fsp3) is 0.481. The quantitative estimate of drug-likeness (QED) is 0.277. The molecule has 0 fully saturated rings. The first-order chi connectivity index (χ1) is 14.2. The van der Waals surface area contributed by atoms with Crippen LogP contribution < -0.4 is 0 Å². The lowest BCUT2D eigenvalue weighted by molar-refractivity contribution is 0.111. The molecule has 0 N–H and O–H groups in total. The number of carbonyl (C=O) groups excluding carboxylic acids is 2. The Morgan fingerprint density at radius 3 is 1.48 bits per heavy atom. The summed E-state index contributed by atoms with van der Waals surface area (Å²) >= 11 is 0. The highest BCUT2D eigenvalue weighted by molar-refractivity contribution is 5.87. The van der Waals surface area contributed by atoms with Crippen LogP contribution in [0.3, 0.4) is 0 Å². The SMILES string of the molecule is CCCCCCC1(CCCCCC)c2cc(C=O)ccc2-c2ccc(C=O)cc21. The Kier molecular flexibility index (Phi) is 7.41. The Bertz CT molecular complexity index is 778. The van der Waals surface area contributed by atoms with E-state index in [1.165, 1.54) is 73.6 Å². The molecule has 0 saturated heterocycles. The standard InChI is InChI=1S/C27H34O2/c1-3-5-7-9-15-27(16-10-8-6-4-2)25-17-21(19-28)11-13-23(25)24-14-12-22(20-29)18-26(24)27/h11-14,17-20H,3-10,15-16H2,1-2H3. The molecule has 0 aliphatic heterocycles. The Morgan fingerprint density at radius 2 is 1.10 bits per heavy atom. The van der Waals surface area contributed by atoms with Crippen LogP contribution in [0.15, 0.2) is 36.4 Å². The molecule has 2 aromatic carbocycles. The molecule has 2 nitrogen and oxygen atoms in total. The first kappa shape index (κ1) is 21.5. The molecular formula is C27H34O2. The first-order valence-corrected chi connectivity index (χ1v) is 11.4. The smallest absolute Gasteiger partial charge is 0.150 e. The molecule has 0 radical (unpaired) electrons. The molecule has 0 amide bonds. The van der Waals surface area contributed by atoms with Gasteiger partial charge >= 0.3 is 0 Å². The molecule has 1 aliphatic rings. The van der Waals surface area contributed by atoms with Gasteiger partial charge in [-0.15, -0.1) is 0 Å². The minimum Gasteiger partial charge on any atom is -0.298 e. The van der Waals surface area contributed by atoms with Crippen molar-refractivity contribution in [2.45, 2.75) is 83.5 Å². The predicted octanol–water partition coefficient (Wildman–Crippen LogP) is 7.52. The van der Waals surface area contributed by atoms with Crippen LogP contribution in [0.4, 0.5) is 0 Å². The molecular weight excluding hydrogens is 356 g/mol. The summed E-state index contributed by atoms with van der Waals surface area (Å²) in [6.07, 6.45) is 13.9. The summed E-state index contributed by atoms with van der Waals surface area (Å²) in [5.41, 5.74) is 6.51. The second-order valence-corrected chi connectivity index (χ2v) is 8.55. The van der Waals surface area contributed by atoms with Crippen LogP contribution in [-0.2, 0) is 5.41 Å². The highest BCUT2D eigenvalue weighted by atomic mass is 16.1. The molecule has 0 bridgehead atoms. The fourth-order valence-electron chi connectivity index (χ4n) is 5.05. The molecule has 0 aromatic heterocycles. The van der Waals surface area contributed by atoms with E-state index < -0.39 is 0 Å². The number of aldehydes is 2. The van der Waals surface area contributed by atoms with E-state index in [1.54, 1.807) is 0 Å². The summed E-state index contributed by atoms with van der Waals surface area (Å²) in [6, 6.07) is 12.3. The average Bonchev–Trinajstić information content (AvgIpc) is 3.03. The van der Waals surface area contributed by atoms with Crippen molar-refractivity contribution < 1.29 is 9.59 Å². The number of hydrogen-bond donors (Lipinski definition) is 0. The zero-order chi connectivity index (χ0) is 20.7. The van der Waals surface area contributed by atoms with Gasteiger partial charge in [-0.3, -0.25) is 9.59 Å². The van der Waals surface area contributed by atoms with Crippen LogP contribution in [0.5, 0.6) is 0 Å². The zero-order valence-corrected chi connectivity index (χ0v) is 18.0. The molecule has 3 rings (SSSR count). The minimum absolute atomic E-state index is 0.0792. The van der Waals surface area contributed by atoms with Crippen molar-refractivity contribution in [1.82, 2.24) is 0 Å². The van der Waals surface area contributed by atoms with Gasteiger partial charge in [0, 0.05) is 16.5 Å². The number of rotatable bonds is 12. The second-order valence-electron chi connectivity index (χ2n) is 8.55. The Morgan fingerprint density at radius 1 is 0.655 bits per heavy atom. The highest BCUT2D eigenvalue weighted by Crippen LogP contribution is 2.54. The maximum absolute atomic E-state index is 11.5. The third-order valence-electron chi connectivity index (χ3n) is 6.59. The molecule has 0 saturated carbocycles. The maximum atomic E-state index is 11.5. The molecule has 0 spiro atoms. The Labute approximate surface area is 175 Å². The lowest BCUT2D eigenvalue weighted by atomic mass is 9.70. The lowest BCUT2D eigenvalue weighted by Gasteiger charge is -2.33. The van der Waals surface area contributed by atoms with E-state index >= 15 is 0 Å². The van der Waals surface area contributed by atoms with E-state index in [9.17, 15) is 9.59 Å². The molecule has 154 valence electrons. The number of fused-ring (bicyclic) bond motifs is 3. The summed E-state index contributed by atoms with van der Waals surface area (Å²) in [7, 11) is 0. The van der Waals surface area contributed by atoms with Crippen LogP contribution >= 0.6 is 0 Å². The maximum Gasteiger partial charge on any atom is 0.150 e. The van der Waals surface area contributed by atoms with Crippen molar-refractivity contribution in [1.29, 1.82) is 0 Å². The van der Waals surface area contributed by atoms with Gasteiger partial charge in [-0.2, -0.15) is 0 Å².